The van der Waals surface area contributed by atoms with Gasteiger partial charge >= 0.3 is 0 Å². The Bertz CT molecular complexity index is 1210. The minimum atomic E-state index is -0.448. The number of nitrogens with zero attached hydrogens (tertiary/aromatic N) is 10. The van der Waals surface area contributed by atoms with Crippen molar-refractivity contribution in [1.29, 1.82) is 0 Å². The van der Waals surface area contributed by atoms with Gasteiger partial charge in [0.15, 0.2) is 0 Å². The molecule has 11 N–H and O–H groups in total. The fraction of sp³-hybridized carbons (Fsp3) is 0.143. The summed E-state index contributed by atoms with van der Waals surface area (Å²) in [6.45, 7) is -0.430. The van der Waals surface area contributed by atoms with Crippen LogP contribution in [0, 0.1) is 0 Å². The Morgan fingerprint density at radius 2 is 1.11 bits per heavy atom. The summed E-state index contributed by atoms with van der Waals surface area (Å²) in [4.78, 5) is 60.3. The van der Waals surface area contributed by atoms with Gasteiger partial charge in [0.25, 0.3) is 5.95 Å². The van der Waals surface area contributed by atoms with Crippen molar-refractivity contribution >= 4 is 72.7 Å². The van der Waals surface area contributed by atoms with Crippen LogP contribution < -0.4 is 43.4 Å². The lowest BCUT2D eigenvalue weighted by atomic mass is 10.7. The molecule has 3 aromatic heterocycles. The Morgan fingerprint density at radius 1 is 0.657 bits per heavy atom. The van der Waals surface area contributed by atoms with Crippen LogP contribution in [0.4, 0.5) is 53.5 Å². The first kappa shape index (κ1) is 24.1. The van der Waals surface area contributed by atoms with E-state index in [1.54, 1.807) is 0 Å². The topological polar surface area (TPSA) is 307 Å². The van der Waals surface area contributed by atoms with Crippen LogP contribution in [0.1, 0.15) is 0 Å². The second-order valence-electron chi connectivity index (χ2n) is 5.76. The van der Waals surface area contributed by atoms with Crippen molar-refractivity contribution in [2.45, 2.75) is 0 Å². The van der Waals surface area contributed by atoms with Gasteiger partial charge in [0.1, 0.15) is 6.73 Å². The summed E-state index contributed by atoms with van der Waals surface area (Å²) < 4.78 is 0. The number of aliphatic hydroxyl groups excluding tert-OH is 1. The van der Waals surface area contributed by atoms with Crippen molar-refractivity contribution in [2.75, 3.05) is 56.8 Å². The van der Waals surface area contributed by atoms with E-state index in [2.05, 4.69) is 81.7 Å². The predicted molar refractivity (Wildman–Crippen MR) is 122 cm³/mol. The van der Waals surface area contributed by atoms with Crippen molar-refractivity contribution in [3.63, 3.8) is 0 Å². The summed E-state index contributed by atoms with van der Waals surface area (Å²) in [6.07, 6.45) is 1.94. The maximum atomic E-state index is 10.5. The molecule has 0 aliphatic carbocycles. The number of carbonyl (C=O) groups is 2. The summed E-state index contributed by atoms with van der Waals surface area (Å²) in [5.41, 5.74) is 11.1. The number of aromatic nitrogens is 9. The molecule has 0 radical (unpaired) electrons. The second-order valence-corrected chi connectivity index (χ2v) is 5.76. The average Bonchev–Trinajstić information content (AvgIpc) is 2.79. The van der Waals surface area contributed by atoms with E-state index in [9.17, 15) is 9.59 Å². The smallest absolute Gasteiger partial charge is 0.257 e. The molecule has 0 spiro atoms. The highest BCUT2D eigenvalue weighted by Gasteiger charge is 2.07. The third kappa shape index (κ3) is 7.49. The zero-order chi connectivity index (χ0) is 25.0. The molecule has 21 nitrogen and oxygen atoms in total. The quantitative estimate of drug-likeness (QED) is 0.0508. The number of hydrogen-bond donors (Lipinski definition) is 9. The van der Waals surface area contributed by atoms with Crippen molar-refractivity contribution in [3.8, 4) is 0 Å². The molecule has 0 saturated heterocycles. The van der Waals surface area contributed by atoms with E-state index in [1.807, 2.05) is 0 Å². The predicted octanol–water partition coefficient (Wildman–Crippen LogP) is -2.84. The lowest BCUT2D eigenvalue weighted by molar-refractivity contribution is -0.106. The van der Waals surface area contributed by atoms with Gasteiger partial charge in [-0.2, -0.15) is 44.9 Å². The van der Waals surface area contributed by atoms with Gasteiger partial charge in [0, 0.05) is 0 Å². The normalized spacial score (nSPS) is 10.4. The number of anilines is 8. The van der Waals surface area contributed by atoms with Crippen molar-refractivity contribution in [3.05, 3.63) is 0 Å². The SMILES string of the molecule is Nc1nc(NC=O)nc(N/C=N/c2nc(NCO)nc(NCNc3nc(N)nc(NC=O)n3)n2)n1. The lowest BCUT2D eigenvalue weighted by Crippen LogP contribution is -2.18. The molecule has 3 aromatic rings. The third-order valence-corrected chi connectivity index (χ3v) is 3.41. The Morgan fingerprint density at radius 3 is 1.69 bits per heavy atom. The molecular formula is C14H18N18O3. The largest absolute Gasteiger partial charge is 0.376 e. The molecule has 0 bridgehead atoms. The number of nitrogens with one attached hydrogen (secondary N) is 6. The number of amides is 2. The average molecular weight is 486 g/mol. The van der Waals surface area contributed by atoms with Crippen molar-refractivity contribution in [2.24, 2.45) is 4.99 Å². The molecule has 3 rings (SSSR count). The van der Waals surface area contributed by atoms with Crippen LogP contribution in [-0.4, -0.2) is 82.5 Å². The molecule has 0 saturated carbocycles. The van der Waals surface area contributed by atoms with Crippen LogP contribution in [0.25, 0.3) is 0 Å². The Balaban J connectivity index is 1.68. The van der Waals surface area contributed by atoms with E-state index < -0.39 is 6.73 Å². The monoisotopic (exact) mass is 486 g/mol. The first-order valence-electron chi connectivity index (χ1n) is 9.30. The zero-order valence-electron chi connectivity index (χ0n) is 17.5. The molecular weight excluding hydrogens is 468 g/mol. The van der Waals surface area contributed by atoms with Crippen LogP contribution in [-0.2, 0) is 9.59 Å². The van der Waals surface area contributed by atoms with Crippen LogP contribution in [0.5, 0.6) is 0 Å². The summed E-state index contributed by atoms with van der Waals surface area (Å²) >= 11 is 0. The zero-order valence-corrected chi connectivity index (χ0v) is 17.5. The van der Waals surface area contributed by atoms with E-state index in [4.69, 9.17) is 16.6 Å². The highest BCUT2D eigenvalue weighted by molar-refractivity contribution is 5.75. The molecule has 35 heavy (non-hydrogen) atoms. The number of nitrogen functional groups attached to an aromatic ring is 2. The van der Waals surface area contributed by atoms with Crippen molar-refractivity contribution < 1.29 is 14.7 Å². The Kier molecular flexibility index (Phi) is 8.15. The van der Waals surface area contributed by atoms with Gasteiger partial charge in [0.05, 0.1) is 13.0 Å². The number of rotatable bonds is 13. The maximum absolute atomic E-state index is 10.5. The fourth-order valence-electron chi connectivity index (χ4n) is 2.16. The molecule has 0 aliphatic rings. The molecule has 0 atom stereocenters. The van der Waals surface area contributed by atoms with Gasteiger partial charge in [0.2, 0.25) is 60.4 Å². The standard InChI is InChI=1S/C14H18N18O3/c15-6-24-8(28-12(26-6)21-3-33)17-1-19-10-30-11(32-14(31-10)23-5-35)20-2-18-9-25-7(16)27-13(29-9)22-4-34/h1,3-4,35H,2,5H2,(H4,16,18,22,25,27,29,34)(H6,15,17,19,20,21,23,24,26,28,30,31,32,33). The van der Waals surface area contributed by atoms with Crippen LogP contribution in [0.15, 0.2) is 4.99 Å². The molecule has 0 fully saturated rings. The number of carbonyl (C=O) groups excluding carboxylic acids is 2. The minimum absolute atomic E-state index is 0.00373. The molecule has 0 aliphatic heterocycles. The first-order valence-corrected chi connectivity index (χ1v) is 9.30. The van der Waals surface area contributed by atoms with E-state index >= 15 is 0 Å². The first-order chi connectivity index (χ1) is 17.0. The minimum Gasteiger partial charge on any atom is -0.376 e. The summed E-state index contributed by atoms with van der Waals surface area (Å²) in [5.74, 6) is -0.278. The number of aliphatic imine (C=N–C) groups is 1. The van der Waals surface area contributed by atoms with E-state index in [0.29, 0.717) is 12.8 Å². The molecule has 0 aromatic carbocycles. The number of nitrogens with two attached hydrogens (primary N) is 2. The van der Waals surface area contributed by atoms with Gasteiger partial charge in [-0.1, -0.05) is 0 Å². The number of hydrogen-bond acceptors (Lipinski definition) is 18. The van der Waals surface area contributed by atoms with Gasteiger partial charge in [-0.3, -0.25) is 20.2 Å². The fourth-order valence-corrected chi connectivity index (χ4v) is 2.16. The van der Waals surface area contributed by atoms with Crippen molar-refractivity contribution in [1.82, 2.24) is 44.9 Å². The number of aliphatic hydroxyl groups is 1. The molecule has 182 valence electrons. The van der Waals surface area contributed by atoms with E-state index in [1.165, 1.54) is 0 Å². The van der Waals surface area contributed by atoms with E-state index in [-0.39, 0.29) is 60.2 Å². The third-order valence-electron chi connectivity index (χ3n) is 3.41. The van der Waals surface area contributed by atoms with Gasteiger partial charge in [-0.05, 0) is 0 Å². The van der Waals surface area contributed by atoms with Crippen LogP contribution >= 0.6 is 0 Å². The van der Waals surface area contributed by atoms with E-state index in [0.717, 1.165) is 6.34 Å². The van der Waals surface area contributed by atoms with Gasteiger partial charge in [-0.15, -0.1) is 0 Å². The van der Waals surface area contributed by atoms with Crippen LogP contribution in [0.3, 0.4) is 0 Å². The summed E-state index contributed by atoms with van der Waals surface area (Å²) in [7, 11) is 0. The molecule has 21 heteroatoms. The summed E-state index contributed by atoms with van der Waals surface area (Å²) in [5, 5.41) is 24.4. The molecule has 0 unspecified atom stereocenters. The lowest BCUT2D eigenvalue weighted by Gasteiger charge is -2.09. The Labute approximate surface area is 194 Å². The molecule has 2 amide bonds. The highest BCUT2D eigenvalue weighted by atomic mass is 16.3. The second kappa shape index (κ2) is 11.9. The van der Waals surface area contributed by atoms with Gasteiger partial charge in [-0.25, -0.2) is 4.99 Å². The Hall–Kier alpha value is -5.60. The summed E-state index contributed by atoms with van der Waals surface area (Å²) in [6, 6.07) is 0. The van der Waals surface area contributed by atoms with Crippen LogP contribution in [0.2, 0.25) is 0 Å². The molecule has 3 heterocycles. The highest BCUT2D eigenvalue weighted by Crippen LogP contribution is 2.12. The maximum Gasteiger partial charge on any atom is 0.257 e. The van der Waals surface area contributed by atoms with Gasteiger partial charge < -0.3 is 37.8 Å².